The zero-order valence-electron chi connectivity index (χ0n) is 15.6. The van der Waals surface area contributed by atoms with Crippen LogP contribution in [-0.4, -0.2) is 13.4 Å². The summed E-state index contributed by atoms with van der Waals surface area (Å²) in [5.41, 5.74) is 5.50. The second kappa shape index (κ2) is 8.00. The van der Waals surface area contributed by atoms with Crippen LogP contribution >= 0.6 is 0 Å². The average Bonchev–Trinajstić information content (AvgIpc) is 2.69. The first-order chi connectivity index (χ1) is 13.0. The fraction of sp³-hybridized carbons (Fsp3) is 0.125. The van der Waals surface area contributed by atoms with Crippen LogP contribution in [0.3, 0.4) is 0 Å². The molecule has 0 amide bonds. The van der Waals surface area contributed by atoms with Gasteiger partial charge < -0.3 is 4.74 Å². The van der Waals surface area contributed by atoms with Gasteiger partial charge in [-0.15, -0.1) is 0 Å². The SMILES string of the molecule is COc1cc(/C(F)=C/c2cccc(-c3ccccc3)c2C)c(C)cc1C=O. The van der Waals surface area contributed by atoms with Crippen LogP contribution in [0.4, 0.5) is 4.39 Å². The Morgan fingerprint density at radius 3 is 2.37 bits per heavy atom. The first-order valence-corrected chi connectivity index (χ1v) is 8.71. The van der Waals surface area contributed by atoms with Crippen LogP contribution in [0.5, 0.6) is 5.75 Å². The topological polar surface area (TPSA) is 26.3 Å². The fourth-order valence-electron chi connectivity index (χ4n) is 3.19. The molecule has 0 N–H and O–H groups in total. The average molecular weight is 360 g/mol. The summed E-state index contributed by atoms with van der Waals surface area (Å²) in [6, 6.07) is 19.1. The van der Waals surface area contributed by atoms with Gasteiger partial charge in [-0.1, -0.05) is 48.5 Å². The monoisotopic (exact) mass is 360 g/mol. The van der Waals surface area contributed by atoms with Crippen molar-refractivity contribution in [3.63, 3.8) is 0 Å². The normalized spacial score (nSPS) is 11.3. The number of carbonyl (C=O) groups is 1. The maximum atomic E-state index is 15.1. The van der Waals surface area contributed by atoms with Gasteiger partial charge in [-0.25, -0.2) is 4.39 Å². The van der Waals surface area contributed by atoms with Crippen LogP contribution in [0.25, 0.3) is 23.0 Å². The van der Waals surface area contributed by atoms with E-state index in [0.29, 0.717) is 28.7 Å². The number of carbonyl (C=O) groups excluding carboxylic acids is 1. The van der Waals surface area contributed by atoms with Crippen molar-refractivity contribution in [2.75, 3.05) is 7.11 Å². The number of aryl methyl sites for hydroxylation is 1. The summed E-state index contributed by atoms with van der Waals surface area (Å²) < 4.78 is 20.3. The van der Waals surface area contributed by atoms with Crippen molar-refractivity contribution in [2.45, 2.75) is 13.8 Å². The van der Waals surface area contributed by atoms with Gasteiger partial charge in [-0.05, 0) is 59.9 Å². The molecule has 0 spiro atoms. The number of benzene rings is 3. The highest BCUT2D eigenvalue weighted by molar-refractivity contribution is 5.86. The van der Waals surface area contributed by atoms with E-state index in [4.69, 9.17) is 4.74 Å². The van der Waals surface area contributed by atoms with Gasteiger partial charge in [0.2, 0.25) is 0 Å². The van der Waals surface area contributed by atoms with E-state index in [9.17, 15) is 4.79 Å². The Morgan fingerprint density at radius 2 is 1.70 bits per heavy atom. The van der Waals surface area contributed by atoms with Gasteiger partial charge in [0.15, 0.2) is 6.29 Å². The number of hydrogen-bond acceptors (Lipinski definition) is 2. The van der Waals surface area contributed by atoms with Gasteiger partial charge >= 0.3 is 0 Å². The molecule has 136 valence electrons. The molecule has 0 aliphatic rings. The molecule has 0 aliphatic carbocycles. The second-order valence-electron chi connectivity index (χ2n) is 6.41. The Morgan fingerprint density at radius 1 is 0.963 bits per heavy atom. The molecule has 0 bridgehead atoms. The Bertz CT molecular complexity index is 1000. The zero-order valence-corrected chi connectivity index (χ0v) is 15.6. The Hall–Kier alpha value is -3.20. The van der Waals surface area contributed by atoms with Crippen LogP contribution < -0.4 is 4.74 Å². The molecule has 3 aromatic carbocycles. The molecular weight excluding hydrogens is 339 g/mol. The molecule has 0 radical (unpaired) electrons. The number of hydrogen-bond donors (Lipinski definition) is 0. The van der Waals surface area contributed by atoms with Gasteiger partial charge in [0.25, 0.3) is 0 Å². The highest BCUT2D eigenvalue weighted by Crippen LogP contribution is 2.32. The largest absolute Gasteiger partial charge is 0.496 e. The lowest BCUT2D eigenvalue weighted by atomic mass is 9.95. The van der Waals surface area contributed by atoms with Crippen LogP contribution in [0.2, 0.25) is 0 Å². The summed E-state index contributed by atoms with van der Waals surface area (Å²) in [6.07, 6.45) is 2.24. The molecule has 0 saturated carbocycles. The van der Waals surface area contributed by atoms with Gasteiger partial charge in [0.05, 0.1) is 12.7 Å². The molecule has 0 unspecified atom stereocenters. The van der Waals surface area contributed by atoms with Gasteiger partial charge in [0, 0.05) is 5.56 Å². The van der Waals surface area contributed by atoms with Crippen molar-refractivity contribution < 1.29 is 13.9 Å². The standard InChI is InChI=1S/C24H21FO2/c1-16-12-20(15-26)24(27-3)14-22(16)23(25)13-19-10-7-11-21(17(19)2)18-8-5-4-6-9-18/h4-15H,1-3H3/b23-13-. The van der Waals surface area contributed by atoms with E-state index in [0.717, 1.165) is 22.3 Å². The van der Waals surface area contributed by atoms with Crippen molar-refractivity contribution in [2.24, 2.45) is 0 Å². The van der Waals surface area contributed by atoms with Crippen molar-refractivity contribution in [1.29, 1.82) is 0 Å². The number of aldehydes is 1. The molecular formula is C24H21FO2. The van der Waals surface area contributed by atoms with Crippen molar-refractivity contribution >= 4 is 18.2 Å². The summed E-state index contributed by atoms with van der Waals surface area (Å²) in [7, 11) is 1.47. The van der Waals surface area contributed by atoms with Crippen LogP contribution in [0, 0.1) is 13.8 Å². The Kier molecular flexibility index (Phi) is 5.51. The molecule has 0 saturated heterocycles. The summed E-state index contributed by atoms with van der Waals surface area (Å²) in [5, 5.41) is 0. The zero-order chi connectivity index (χ0) is 19.4. The number of halogens is 1. The number of methoxy groups -OCH3 is 1. The molecule has 0 atom stereocenters. The smallest absolute Gasteiger partial charge is 0.153 e. The van der Waals surface area contributed by atoms with Crippen molar-refractivity contribution in [1.82, 2.24) is 0 Å². The summed E-state index contributed by atoms with van der Waals surface area (Å²) >= 11 is 0. The molecule has 0 aromatic heterocycles. The summed E-state index contributed by atoms with van der Waals surface area (Å²) in [6.45, 7) is 3.77. The lowest BCUT2D eigenvalue weighted by Crippen LogP contribution is -1.95. The van der Waals surface area contributed by atoms with Crippen LogP contribution in [0.1, 0.15) is 32.6 Å². The van der Waals surface area contributed by atoms with Gasteiger partial charge in [-0.2, -0.15) is 0 Å². The third kappa shape index (κ3) is 3.82. The number of ether oxygens (including phenoxy) is 1. The molecule has 0 fully saturated rings. The Balaban J connectivity index is 2.06. The Labute approximate surface area is 158 Å². The van der Waals surface area contributed by atoms with E-state index < -0.39 is 0 Å². The molecule has 27 heavy (non-hydrogen) atoms. The molecule has 0 aliphatic heterocycles. The minimum absolute atomic E-state index is 0.364. The number of rotatable bonds is 5. The predicted molar refractivity (Wildman–Crippen MR) is 109 cm³/mol. The summed E-state index contributed by atoms with van der Waals surface area (Å²) in [5.74, 6) is 0.000434. The third-order valence-corrected chi connectivity index (χ3v) is 4.70. The minimum atomic E-state index is -0.364. The summed E-state index contributed by atoms with van der Waals surface area (Å²) in [4.78, 5) is 11.1. The fourth-order valence-corrected chi connectivity index (χ4v) is 3.19. The van der Waals surface area contributed by atoms with Crippen molar-refractivity contribution in [3.8, 4) is 16.9 Å². The molecule has 3 rings (SSSR count). The van der Waals surface area contributed by atoms with Crippen LogP contribution in [-0.2, 0) is 0 Å². The van der Waals surface area contributed by atoms with Crippen LogP contribution in [0.15, 0.2) is 60.7 Å². The minimum Gasteiger partial charge on any atom is -0.496 e. The highest BCUT2D eigenvalue weighted by atomic mass is 19.1. The van der Waals surface area contributed by atoms with E-state index in [1.165, 1.54) is 13.2 Å². The maximum Gasteiger partial charge on any atom is 0.153 e. The highest BCUT2D eigenvalue weighted by Gasteiger charge is 2.12. The molecule has 2 nitrogen and oxygen atoms in total. The van der Waals surface area contributed by atoms with E-state index in [1.807, 2.05) is 55.5 Å². The first-order valence-electron chi connectivity index (χ1n) is 8.71. The molecule has 3 aromatic rings. The van der Waals surface area contributed by atoms with E-state index in [2.05, 4.69) is 0 Å². The second-order valence-corrected chi connectivity index (χ2v) is 6.41. The molecule has 3 heteroatoms. The lowest BCUT2D eigenvalue weighted by Gasteiger charge is -2.11. The third-order valence-electron chi connectivity index (χ3n) is 4.70. The quantitative estimate of drug-likeness (QED) is 0.396. The lowest BCUT2D eigenvalue weighted by molar-refractivity contribution is 0.112. The van der Waals surface area contributed by atoms with Gasteiger partial charge in [-0.3, -0.25) is 4.79 Å². The van der Waals surface area contributed by atoms with E-state index in [-0.39, 0.29) is 5.83 Å². The van der Waals surface area contributed by atoms with Crippen molar-refractivity contribution in [3.05, 3.63) is 88.5 Å². The van der Waals surface area contributed by atoms with E-state index in [1.54, 1.807) is 19.1 Å². The van der Waals surface area contributed by atoms with E-state index >= 15 is 4.39 Å². The predicted octanol–water partition coefficient (Wildman–Crippen LogP) is 6.26. The molecule has 0 heterocycles. The maximum absolute atomic E-state index is 15.1. The first kappa shape index (κ1) is 18.6. The van der Waals surface area contributed by atoms with Gasteiger partial charge in [0.1, 0.15) is 11.6 Å².